The number of rotatable bonds is 4. The highest BCUT2D eigenvalue weighted by Crippen LogP contribution is 2.18. The molecule has 9 heteroatoms. The Kier molecular flexibility index (Phi) is 6.94. The van der Waals surface area contributed by atoms with Gasteiger partial charge in [-0.2, -0.15) is 5.10 Å². The molecule has 2 aromatic carbocycles. The number of benzene rings is 2. The van der Waals surface area contributed by atoms with Gasteiger partial charge in [0, 0.05) is 18.1 Å². The number of anilines is 1. The van der Waals surface area contributed by atoms with Crippen LogP contribution in [0.2, 0.25) is 5.02 Å². The molecule has 2 aromatic rings. The van der Waals surface area contributed by atoms with Gasteiger partial charge in [0.15, 0.2) is 0 Å². The van der Waals surface area contributed by atoms with Crippen LogP contribution < -0.4 is 10.7 Å². The van der Waals surface area contributed by atoms with Crippen LogP contribution in [0.1, 0.15) is 15.9 Å². The van der Waals surface area contributed by atoms with Gasteiger partial charge < -0.3 is 15.0 Å². The lowest BCUT2D eigenvalue weighted by Crippen LogP contribution is -2.41. The lowest BCUT2D eigenvalue weighted by Gasteiger charge is -2.27. The van der Waals surface area contributed by atoms with Crippen LogP contribution in [0.3, 0.4) is 0 Å². The van der Waals surface area contributed by atoms with E-state index >= 15 is 0 Å². The third-order valence-corrected chi connectivity index (χ3v) is 4.37. The fourth-order valence-electron chi connectivity index (χ4n) is 2.70. The molecule has 1 aliphatic rings. The Morgan fingerprint density at radius 3 is 2.55 bits per heavy atom. The van der Waals surface area contributed by atoms with E-state index in [1.54, 1.807) is 53.4 Å². The van der Waals surface area contributed by atoms with Crippen molar-refractivity contribution < 1.29 is 19.1 Å². The molecule has 1 fully saturated rings. The molecule has 1 heterocycles. The average Bonchev–Trinajstić information content (AvgIpc) is 2.74. The summed E-state index contributed by atoms with van der Waals surface area (Å²) in [6, 6.07) is 13.4. The molecule has 0 spiro atoms. The normalized spacial score (nSPS) is 13.9. The number of ether oxygens (including phenoxy) is 1. The summed E-state index contributed by atoms with van der Waals surface area (Å²) in [7, 11) is 0. The Hall–Kier alpha value is -3.23. The molecule has 8 nitrogen and oxygen atoms in total. The van der Waals surface area contributed by atoms with E-state index in [1.807, 2.05) is 0 Å². The number of nitrogens with zero attached hydrogens (tertiary/aromatic N) is 2. The minimum Gasteiger partial charge on any atom is -0.378 e. The number of carbonyl (C=O) groups is 3. The Morgan fingerprint density at radius 1 is 1.03 bits per heavy atom. The molecule has 0 saturated carbocycles. The molecule has 2 N–H and O–H groups in total. The van der Waals surface area contributed by atoms with Gasteiger partial charge in [0.25, 0.3) is 5.91 Å². The molecule has 0 aliphatic carbocycles. The van der Waals surface area contributed by atoms with Crippen molar-refractivity contribution >= 4 is 41.2 Å². The molecular weight excluding hydrogens is 396 g/mol. The number of nitrogens with one attached hydrogen (secondary N) is 2. The topological polar surface area (TPSA) is 100 Å². The largest absolute Gasteiger partial charge is 0.378 e. The third-order valence-electron chi connectivity index (χ3n) is 4.14. The standard InChI is InChI=1S/C20H19ClN4O4/c21-15-5-3-4-14(12-15)13-22-24-19(27)18(26)23-17-7-2-1-6-16(17)20(28)25-8-10-29-11-9-25/h1-7,12-13H,8-11H2,(H,23,26)(H,24,27). The van der Waals surface area contributed by atoms with Gasteiger partial charge in [-0.3, -0.25) is 14.4 Å². The summed E-state index contributed by atoms with van der Waals surface area (Å²) in [5.74, 6) is -2.13. The molecule has 3 rings (SSSR count). The van der Waals surface area contributed by atoms with E-state index in [1.165, 1.54) is 6.21 Å². The maximum atomic E-state index is 12.7. The number of hydrogen-bond acceptors (Lipinski definition) is 5. The second-order valence-corrected chi connectivity index (χ2v) is 6.59. The van der Waals surface area contributed by atoms with Crippen molar-refractivity contribution in [2.45, 2.75) is 0 Å². The number of amides is 3. The first-order valence-electron chi connectivity index (χ1n) is 8.90. The average molecular weight is 415 g/mol. The van der Waals surface area contributed by atoms with Crippen LogP contribution in [-0.4, -0.2) is 55.1 Å². The fraction of sp³-hybridized carbons (Fsp3) is 0.200. The van der Waals surface area contributed by atoms with Crippen molar-refractivity contribution in [3.05, 3.63) is 64.7 Å². The molecule has 29 heavy (non-hydrogen) atoms. The zero-order valence-corrected chi connectivity index (χ0v) is 16.2. The summed E-state index contributed by atoms with van der Waals surface area (Å²) in [5, 5.41) is 6.73. The smallest absolute Gasteiger partial charge is 0.329 e. The van der Waals surface area contributed by atoms with Crippen LogP contribution in [0.25, 0.3) is 0 Å². The minimum absolute atomic E-state index is 0.233. The van der Waals surface area contributed by atoms with E-state index in [9.17, 15) is 14.4 Å². The number of hydrogen-bond donors (Lipinski definition) is 2. The van der Waals surface area contributed by atoms with Crippen molar-refractivity contribution in [1.82, 2.24) is 10.3 Å². The maximum absolute atomic E-state index is 12.7. The lowest BCUT2D eigenvalue weighted by molar-refractivity contribution is -0.136. The molecule has 0 unspecified atom stereocenters. The quantitative estimate of drug-likeness (QED) is 0.453. The van der Waals surface area contributed by atoms with Gasteiger partial charge in [-0.05, 0) is 29.8 Å². The van der Waals surface area contributed by atoms with Crippen molar-refractivity contribution in [3.8, 4) is 0 Å². The molecule has 150 valence electrons. The van der Waals surface area contributed by atoms with Crippen LogP contribution in [0.4, 0.5) is 5.69 Å². The predicted octanol–water partition coefficient (Wildman–Crippen LogP) is 1.90. The van der Waals surface area contributed by atoms with Crippen LogP contribution >= 0.6 is 11.6 Å². The first kappa shape index (κ1) is 20.5. The minimum atomic E-state index is -0.961. The second-order valence-electron chi connectivity index (χ2n) is 6.16. The third kappa shape index (κ3) is 5.63. The molecule has 0 atom stereocenters. The summed E-state index contributed by atoms with van der Waals surface area (Å²) < 4.78 is 5.25. The van der Waals surface area contributed by atoms with Gasteiger partial charge in [0.1, 0.15) is 0 Å². The highest BCUT2D eigenvalue weighted by molar-refractivity contribution is 6.40. The van der Waals surface area contributed by atoms with Gasteiger partial charge in [0.2, 0.25) is 0 Å². The number of morpholine rings is 1. The van der Waals surface area contributed by atoms with Crippen molar-refractivity contribution in [2.75, 3.05) is 31.6 Å². The zero-order chi connectivity index (χ0) is 20.6. The first-order chi connectivity index (χ1) is 14.0. The Balaban J connectivity index is 1.62. The van der Waals surface area contributed by atoms with E-state index in [0.29, 0.717) is 42.5 Å². The molecule has 3 amide bonds. The van der Waals surface area contributed by atoms with Crippen molar-refractivity contribution in [2.24, 2.45) is 5.10 Å². The highest BCUT2D eigenvalue weighted by Gasteiger charge is 2.22. The van der Waals surface area contributed by atoms with Crippen LogP contribution in [0.5, 0.6) is 0 Å². The Bertz CT molecular complexity index is 942. The summed E-state index contributed by atoms with van der Waals surface area (Å²) in [6.45, 7) is 1.88. The lowest BCUT2D eigenvalue weighted by atomic mass is 10.1. The monoisotopic (exact) mass is 414 g/mol. The second kappa shape index (κ2) is 9.81. The highest BCUT2D eigenvalue weighted by atomic mass is 35.5. The predicted molar refractivity (Wildman–Crippen MR) is 109 cm³/mol. The Labute approximate surface area is 172 Å². The molecule has 0 bridgehead atoms. The maximum Gasteiger partial charge on any atom is 0.329 e. The molecule has 1 aliphatic heterocycles. The van der Waals surface area contributed by atoms with Crippen molar-refractivity contribution in [1.29, 1.82) is 0 Å². The number of halogens is 1. The summed E-state index contributed by atoms with van der Waals surface area (Å²) >= 11 is 5.87. The number of carbonyl (C=O) groups excluding carboxylic acids is 3. The molecular formula is C20H19ClN4O4. The van der Waals surface area contributed by atoms with E-state index < -0.39 is 11.8 Å². The van der Waals surface area contributed by atoms with Gasteiger partial charge in [-0.25, -0.2) is 5.43 Å². The summed E-state index contributed by atoms with van der Waals surface area (Å²) in [5.41, 5.74) is 3.37. The van der Waals surface area contributed by atoms with Crippen LogP contribution in [-0.2, 0) is 14.3 Å². The SMILES string of the molecule is O=C(NN=Cc1cccc(Cl)c1)C(=O)Nc1ccccc1C(=O)N1CCOCC1. The number of para-hydroxylation sites is 1. The van der Waals surface area contributed by atoms with E-state index in [4.69, 9.17) is 16.3 Å². The van der Waals surface area contributed by atoms with Crippen molar-refractivity contribution in [3.63, 3.8) is 0 Å². The fourth-order valence-corrected chi connectivity index (χ4v) is 2.90. The van der Waals surface area contributed by atoms with E-state index in [2.05, 4.69) is 15.8 Å². The van der Waals surface area contributed by atoms with Crippen LogP contribution in [0.15, 0.2) is 53.6 Å². The van der Waals surface area contributed by atoms with E-state index in [-0.39, 0.29) is 11.6 Å². The van der Waals surface area contributed by atoms with Crippen LogP contribution in [0, 0.1) is 0 Å². The van der Waals surface area contributed by atoms with Gasteiger partial charge >= 0.3 is 11.8 Å². The summed E-state index contributed by atoms with van der Waals surface area (Å²) in [4.78, 5) is 38.6. The molecule has 0 radical (unpaired) electrons. The molecule has 0 aromatic heterocycles. The molecule has 1 saturated heterocycles. The summed E-state index contributed by atoms with van der Waals surface area (Å²) in [6.07, 6.45) is 1.37. The van der Waals surface area contributed by atoms with Gasteiger partial charge in [-0.15, -0.1) is 0 Å². The number of hydrazone groups is 1. The van der Waals surface area contributed by atoms with Gasteiger partial charge in [0.05, 0.1) is 30.7 Å². The van der Waals surface area contributed by atoms with E-state index in [0.717, 1.165) is 0 Å². The van der Waals surface area contributed by atoms with Gasteiger partial charge in [-0.1, -0.05) is 35.9 Å². The Morgan fingerprint density at radius 2 is 1.79 bits per heavy atom. The zero-order valence-electron chi connectivity index (χ0n) is 15.4. The first-order valence-corrected chi connectivity index (χ1v) is 9.28.